The number of ether oxygens (including phenoxy) is 4. The first-order valence-corrected chi connectivity index (χ1v) is 11.7. The predicted molar refractivity (Wildman–Crippen MR) is 111 cm³/mol. The number of rotatable bonds is 7. The van der Waals surface area contributed by atoms with Gasteiger partial charge in [-0.2, -0.15) is 0 Å². The Morgan fingerprint density at radius 3 is 2.63 bits per heavy atom. The Morgan fingerprint density at radius 2 is 1.93 bits per heavy atom. The minimum Gasteiger partial charge on any atom is -0.462 e. The second-order valence-corrected chi connectivity index (χ2v) is 10.2. The minimum atomic E-state index is -0.870. The van der Waals surface area contributed by atoms with Gasteiger partial charge in [-0.1, -0.05) is 20.3 Å². The zero-order valence-corrected chi connectivity index (χ0v) is 19.1. The summed E-state index contributed by atoms with van der Waals surface area (Å²) in [6.07, 6.45) is 5.88. The molecule has 4 rings (SSSR count). The summed E-state index contributed by atoms with van der Waals surface area (Å²) in [5, 5.41) is 12.2. The van der Waals surface area contributed by atoms with Gasteiger partial charge >= 0.3 is 5.97 Å². The van der Waals surface area contributed by atoms with Crippen LogP contribution in [0.5, 0.6) is 0 Å². The monoisotopic (exact) mass is 422 g/mol. The fourth-order valence-electron chi connectivity index (χ4n) is 7.12. The molecule has 6 nitrogen and oxygen atoms in total. The first-order chi connectivity index (χ1) is 14.2. The van der Waals surface area contributed by atoms with E-state index in [2.05, 4.69) is 20.8 Å². The van der Waals surface area contributed by atoms with Gasteiger partial charge in [-0.05, 0) is 70.4 Å². The van der Waals surface area contributed by atoms with Gasteiger partial charge in [0.25, 0.3) is 0 Å². The Bertz CT molecular complexity index is 706. The van der Waals surface area contributed by atoms with E-state index in [1.165, 1.54) is 0 Å². The van der Waals surface area contributed by atoms with Gasteiger partial charge in [0.05, 0.1) is 11.0 Å². The van der Waals surface area contributed by atoms with Gasteiger partial charge in [-0.15, -0.1) is 0 Å². The maximum atomic E-state index is 12.8. The molecule has 2 saturated carbocycles. The van der Waals surface area contributed by atoms with Gasteiger partial charge < -0.3 is 24.1 Å². The van der Waals surface area contributed by atoms with E-state index in [1.807, 2.05) is 19.9 Å². The van der Waals surface area contributed by atoms with Crippen LogP contribution in [0.4, 0.5) is 0 Å². The molecule has 2 heterocycles. The molecule has 30 heavy (non-hydrogen) atoms. The van der Waals surface area contributed by atoms with Crippen molar-refractivity contribution >= 4 is 5.97 Å². The molecular weight excluding hydrogens is 384 g/mol. The van der Waals surface area contributed by atoms with Crippen LogP contribution in [0.15, 0.2) is 11.6 Å². The molecule has 0 amide bonds. The second-order valence-electron chi connectivity index (χ2n) is 10.2. The van der Waals surface area contributed by atoms with E-state index in [-0.39, 0.29) is 29.3 Å². The van der Waals surface area contributed by atoms with Crippen LogP contribution in [0.1, 0.15) is 73.1 Å². The van der Waals surface area contributed by atoms with Crippen LogP contribution in [0.3, 0.4) is 0 Å². The molecule has 0 aromatic carbocycles. The molecule has 2 aliphatic carbocycles. The molecule has 0 aromatic rings. The average molecular weight is 423 g/mol. The first kappa shape index (κ1) is 22.3. The van der Waals surface area contributed by atoms with Crippen molar-refractivity contribution in [2.75, 3.05) is 13.2 Å². The molecule has 1 N–H and O–H groups in total. The third kappa shape index (κ3) is 3.17. The maximum absolute atomic E-state index is 12.8. The van der Waals surface area contributed by atoms with Gasteiger partial charge in [-0.25, -0.2) is 0 Å². The topological polar surface area (TPSA) is 74.2 Å². The lowest BCUT2D eigenvalue weighted by molar-refractivity contribution is -0.219. The quantitative estimate of drug-likeness (QED) is 0.495. The van der Waals surface area contributed by atoms with E-state index in [0.29, 0.717) is 26.1 Å². The highest BCUT2D eigenvalue weighted by atomic mass is 16.8. The third-order valence-corrected chi connectivity index (χ3v) is 8.61. The lowest BCUT2D eigenvalue weighted by Gasteiger charge is -2.61. The van der Waals surface area contributed by atoms with Crippen molar-refractivity contribution in [1.29, 1.82) is 0 Å². The minimum absolute atomic E-state index is 0.0492. The SMILES string of the molecule is CCOC1C=C(CC[C@@]2(O)[C@H](C)C[C@H]3OC(=O)[C@@]4(C)CCC[C@@]2(C)[C@@H]34)C(OCC)O1. The Morgan fingerprint density at radius 1 is 1.20 bits per heavy atom. The van der Waals surface area contributed by atoms with Crippen molar-refractivity contribution in [2.24, 2.45) is 22.7 Å². The molecule has 3 fully saturated rings. The smallest absolute Gasteiger partial charge is 0.312 e. The lowest BCUT2D eigenvalue weighted by atomic mass is 9.44. The van der Waals surface area contributed by atoms with Crippen LogP contribution in [-0.2, 0) is 23.7 Å². The van der Waals surface area contributed by atoms with Gasteiger partial charge in [0, 0.05) is 24.5 Å². The lowest BCUT2D eigenvalue weighted by Crippen LogP contribution is -2.65. The normalized spacial score (nSPS) is 47.7. The summed E-state index contributed by atoms with van der Waals surface area (Å²) >= 11 is 0. The van der Waals surface area contributed by atoms with E-state index in [9.17, 15) is 9.90 Å². The second kappa shape index (κ2) is 7.88. The van der Waals surface area contributed by atoms with Crippen LogP contribution in [0.25, 0.3) is 0 Å². The summed E-state index contributed by atoms with van der Waals surface area (Å²) in [6, 6.07) is 0. The zero-order valence-electron chi connectivity index (χ0n) is 19.1. The van der Waals surface area contributed by atoms with Crippen LogP contribution in [0, 0.1) is 22.7 Å². The molecular formula is C24H38O6. The number of hydrogen-bond acceptors (Lipinski definition) is 6. The number of carbonyl (C=O) groups is 1. The Kier molecular flexibility index (Phi) is 5.84. The van der Waals surface area contributed by atoms with Crippen molar-refractivity contribution < 1.29 is 28.8 Å². The van der Waals surface area contributed by atoms with Gasteiger partial charge in [0.2, 0.25) is 0 Å². The highest BCUT2D eigenvalue weighted by molar-refractivity contribution is 5.80. The highest BCUT2D eigenvalue weighted by Gasteiger charge is 2.71. The summed E-state index contributed by atoms with van der Waals surface area (Å²) in [5.41, 5.74) is -0.658. The first-order valence-electron chi connectivity index (χ1n) is 11.7. The van der Waals surface area contributed by atoms with E-state index >= 15 is 0 Å². The predicted octanol–water partition coefficient (Wildman–Crippen LogP) is 3.96. The van der Waals surface area contributed by atoms with Crippen molar-refractivity contribution in [3.05, 3.63) is 11.6 Å². The highest BCUT2D eigenvalue weighted by Crippen LogP contribution is 2.67. The maximum Gasteiger partial charge on any atom is 0.312 e. The summed E-state index contributed by atoms with van der Waals surface area (Å²) in [7, 11) is 0. The fourth-order valence-corrected chi connectivity index (χ4v) is 7.12. The molecule has 0 aromatic heterocycles. The average Bonchev–Trinajstić information content (AvgIpc) is 3.18. The summed E-state index contributed by atoms with van der Waals surface area (Å²) in [5.74, 6) is 0.0519. The molecule has 4 aliphatic rings. The fraction of sp³-hybridized carbons (Fsp3) is 0.875. The Hall–Kier alpha value is -0.950. The summed E-state index contributed by atoms with van der Waals surface area (Å²) in [6.45, 7) is 11.4. The number of hydrogen-bond donors (Lipinski definition) is 1. The van der Waals surface area contributed by atoms with Crippen molar-refractivity contribution in [1.82, 2.24) is 0 Å². The molecule has 2 unspecified atom stereocenters. The van der Waals surface area contributed by atoms with Crippen LogP contribution >= 0.6 is 0 Å². The molecule has 1 saturated heterocycles. The number of esters is 1. The van der Waals surface area contributed by atoms with Crippen molar-refractivity contribution in [3.63, 3.8) is 0 Å². The largest absolute Gasteiger partial charge is 0.462 e. The Labute approximate surface area is 180 Å². The molecule has 8 atom stereocenters. The van der Waals surface area contributed by atoms with Crippen LogP contribution < -0.4 is 0 Å². The zero-order chi connectivity index (χ0) is 21.7. The van der Waals surface area contributed by atoms with Gasteiger partial charge in [0.1, 0.15) is 6.10 Å². The molecule has 170 valence electrons. The van der Waals surface area contributed by atoms with E-state index in [1.54, 1.807) is 0 Å². The van der Waals surface area contributed by atoms with Crippen molar-refractivity contribution in [3.8, 4) is 0 Å². The third-order valence-electron chi connectivity index (χ3n) is 8.61. The standard InChI is InChI=1S/C24H38O6/c1-6-27-18-14-16(20(30-18)28-7-2)9-12-24(26)15(3)13-17-19-22(4,21(25)29-17)10-8-11-23(19,24)5/h14-15,17-20,26H,6-13H2,1-5H3/t15-,17-,18?,19+,20?,22+,23+,24-/m1/s1. The summed E-state index contributed by atoms with van der Waals surface area (Å²) in [4.78, 5) is 12.8. The molecule has 2 aliphatic heterocycles. The molecule has 0 spiro atoms. The summed E-state index contributed by atoms with van der Waals surface area (Å²) < 4.78 is 23.1. The van der Waals surface area contributed by atoms with Crippen LogP contribution in [-0.4, -0.2) is 48.6 Å². The van der Waals surface area contributed by atoms with Crippen LogP contribution in [0.2, 0.25) is 0 Å². The molecule has 6 heteroatoms. The van der Waals surface area contributed by atoms with Crippen molar-refractivity contribution in [2.45, 2.75) is 97.4 Å². The number of aliphatic hydroxyl groups is 1. The molecule has 0 radical (unpaired) electrons. The van der Waals surface area contributed by atoms with Gasteiger partial charge in [0.15, 0.2) is 12.6 Å². The van der Waals surface area contributed by atoms with E-state index in [0.717, 1.165) is 31.3 Å². The van der Waals surface area contributed by atoms with E-state index in [4.69, 9.17) is 18.9 Å². The van der Waals surface area contributed by atoms with Gasteiger partial charge in [-0.3, -0.25) is 4.79 Å². The molecule has 0 bridgehead atoms. The number of carbonyl (C=O) groups excluding carboxylic acids is 1. The van der Waals surface area contributed by atoms with E-state index < -0.39 is 23.6 Å². The Balaban J connectivity index is 1.58.